The molecule has 21 heavy (non-hydrogen) atoms. The molecule has 3 heteroatoms. The molecule has 2 aromatic rings. The summed E-state index contributed by atoms with van der Waals surface area (Å²) >= 11 is 0. The van der Waals surface area contributed by atoms with Gasteiger partial charge in [0.05, 0.1) is 0 Å². The lowest BCUT2D eigenvalue weighted by atomic mass is 10.1. The normalized spacial score (nSPS) is 18.7. The summed E-state index contributed by atoms with van der Waals surface area (Å²) in [5, 5.41) is 9.96. The molecule has 110 valence electrons. The topological polar surface area (TPSA) is 32.7 Å². The number of aryl methyl sites for hydroxylation is 1. The molecule has 0 bridgehead atoms. The lowest BCUT2D eigenvalue weighted by Crippen LogP contribution is -2.30. The van der Waals surface area contributed by atoms with Gasteiger partial charge in [0.1, 0.15) is 17.6 Å². The molecule has 0 saturated heterocycles. The largest absolute Gasteiger partial charge is 0.508 e. The second kappa shape index (κ2) is 5.78. The molecule has 1 atom stereocenters. The highest BCUT2D eigenvalue weighted by Gasteiger charge is 2.20. The van der Waals surface area contributed by atoms with Gasteiger partial charge >= 0.3 is 0 Å². The van der Waals surface area contributed by atoms with Crippen LogP contribution in [0.5, 0.6) is 11.5 Å². The summed E-state index contributed by atoms with van der Waals surface area (Å²) in [4.78, 5) is 2.32. The highest BCUT2D eigenvalue weighted by Crippen LogP contribution is 2.28. The van der Waals surface area contributed by atoms with E-state index in [1.807, 2.05) is 18.2 Å². The quantitative estimate of drug-likeness (QED) is 0.916. The van der Waals surface area contributed by atoms with Gasteiger partial charge in [-0.25, -0.2) is 0 Å². The lowest BCUT2D eigenvalue weighted by molar-refractivity contribution is 0.155. The minimum absolute atomic E-state index is 0.139. The van der Waals surface area contributed by atoms with Gasteiger partial charge in [-0.3, -0.25) is 4.90 Å². The number of ether oxygens (including phenoxy) is 1. The number of rotatable bonds is 2. The molecule has 3 nitrogen and oxygen atoms in total. The van der Waals surface area contributed by atoms with Gasteiger partial charge in [0.25, 0.3) is 0 Å². The van der Waals surface area contributed by atoms with Crippen molar-refractivity contribution in [3.63, 3.8) is 0 Å². The van der Waals surface area contributed by atoms with Crippen LogP contribution in [0, 0.1) is 6.92 Å². The Morgan fingerprint density at radius 3 is 2.86 bits per heavy atom. The maximum atomic E-state index is 9.96. The first-order chi connectivity index (χ1) is 10.1. The highest BCUT2D eigenvalue weighted by molar-refractivity contribution is 5.38. The van der Waals surface area contributed by atoms with Gasteiger partial charge in [0, 0.05) is 30.8 Å². The molecule has 0 unspecified atom stereocenters. The number of aromatic hydroxyl groups is 1. The average Bonchev–Trinajstić information content (AvgIpc) is 2.59. The van der Waals surface area contributed by atoms with E-state index in [-0.39, 0.29) is 6.10 Å². The van der Waals surface area contributed by atoms with Crippen molar-refractivity contribution in [1.82, 2.24) is 4.90 Å². The minimum atomic E-state index is 0.139. The van der Waals surface area contributed by atoms with Crippen LogP contribution in [0.25, 0.3) is 0 Å². The maximum Gasteiger partial charge on any atom is 0.124 e. The Kier molecular flexibility index (Phi) is 3.84. The number of para-hydroxylation sites is 1. The van der Waals surface area contributed by atoms with Gasteiger partial charge in [-0.1, -0.05) is 35.9 Å². The molecule has 3 rings (SSSR count). The molecule has 1 heterocycles. The number of nitrogens with zero attached hydrogens (tertiary/aromatic N) is 1. The molecule has 0 aliphatic carbocycles. The third-order valence-corrected chi connectivity index (χ3v) is 3.84. The first-order valence-electron chi connectivity index (χ1n) is 7.37. The fourth-order valence-electron chi connectivity index (χ4n) is 2.88. The van der Waals surface area contributed by atoms with Crippen LogP contribution in [0.3, 0.4) is 0 Å². The Bertz CT molecular complexity index is 639. The van der Waals surface area contributed by atoms with E-state index in [2.05, 4.69) is 36.9 Å². The zero-order chi connectivity index (χ0) is 14.8. The van der Waals surface area contributed by atoms with Crippen molar-refractivity contribution in [1.29, 1.82) is 0 Å². The molecule has 0 spiro atoms. The van der Waals surface area contributed by atoms with Crippen LogP contribution < -0.4 is 4.74 Å². The Morgan fingerprint density at radius 2 is 2.05 bits per heavy atom. The molecule has 1 aliphatic heterocycles. The molecule has 1 aliphatic rings. The highest BCUT2D eigenvalue weighted by atomic mass is 16.5. The predicted molar refractivity (Wildman–Crippen MR) is 83.5 cm³/mol. The number of phenols is 1. The average molecular weight is 283 g/mol. The molecule has 0 fully saturated rings. The number of phenolic OH excluding ortho intramolecular Hbond substituents is 1. The van der Waals surface area contributed by atoms with E-state index >= 15 is 0 Å². The van der Waals surface area contributed by atoms with Crippen molar-refractivity contribution in [2.45, 2.75) is 33.0 Å². The second-order valence-corrected chi connectivity index (χ2v) is 5.84. The zero-order valence-corrected chi connectivity index (χ0v) is 12.5. The second-order valence-electron chi connectivity index (χ2n) is 5.84. The fourth-order valence-corrected chi connectivity index (χ4v) is 2.88. The number of hydrogen-bond donors (Lipinski definition) is 1. The van der Waals surface area contributed by atoms with E-state index in [1.54, 1.807) is 6.07 Å². The Hall–Kier alpha value is -2.00. The van der Waals surface area contributed by atoms with Gasteiger partial charge in [-0.2, -0.15) is 0 Å². The molecular weight excluding hydrogens is 262 g/mol. The van der Waals surface area contributed by atoms with Crippen molar-refractivity contribution in [3.05, 3.63) is 59.2 Å². The lowest BCUT2D eigenvalue weighted by Gasteiger charge is -2.22. The number of hydrogen-bond acceptors (Lipinski definition) is 3. The van der Waals surface area contributed by atoms with Crippen LogP contribution in [0.4, 0.5) is 0 Å². The van der Waals surface area contributed by atoms with E-state index in [1.165, 1.54) is 11.1 Å². The molecule has 0 saturated carbocycles. The molecule has 2 aromatic carbocycles. The van der Waals surface area contributed by atoms with Crippen molar-refractivity contribution in [2.75, 3.05) is 6.54 Å². The SMILES string of the molecule is Cc1ccc2c(c1)CN(Cc1ccccc1O)C[C@H](C)O2. The van der Waals surface area contributed by atoms with E-state index in [0.717, 1.165) is 30.9 Å². The molecule has 0 aromatic heterocycles. The van der Waals surface area contributed by atoms with E-state index < -0.39 is 0 Å². The molecule has 1 N–H and O–H groups in total. The van der Waals surface area contributed by atoms with Gasteiger partial charge in [0.2, 0.25) is 0 Å². The predicted octanol–water partition coefficient (Wildman–Crippen LogP) is 3.48. The van der Waals surface area contributed by atoms with E-state index in [4.69, 9.17) is 4.74 Å². The van der Waals surface area contributed by atoms with Gasteiger partial charge in [-0.15, -0.1) is 0 Å². The Balaban J connectivity index is 1.85. The van der Waals surface area contributed by atoms with Crippen LogP contribution in [0.2, 0.25) is 0 Å². The van der Waals surface area contributed by atoms with Gasteiger partial charge in [-0.05, 0) is 26.0 Å². The van der Waals surface area contributed by atoms with Crippen molar-refractivity contribution in [2.24, 2.45) is 0 Å². The van der Waals surface area contributed by atoms with Crippen LogP contribution in [0.1, 0.15) is 23.6 Å². The van der Waals surface area contributed by atoms with Crippen molar-refractivity contribution < 1.29 is 9.84 Å². The van der Waals surface area contributed by atoms with Gasteiger partial charge < -0.3 is 9.84 Å². The summed E-state index contributed by atoms with van der Waals surface area (Å²) < 4.78 is 6.01. The Morgan fingerprint density at radius 1 is 1.24 bits per heavy atom. The summed E-state index contributed by atoms with van der Waals surface area (Å²) in [7, 11) is 0. The molecule has 0 amide bonds. The molecule has 0 radical (unpaired) electrons. The van der Waals surface area contributed by atoms with Crippen LogP contribution in [0.15, 0.2) is 42.5 Å². The van der Waals surface area contributed by atoms with Gasteiger partial charge in [0.15, 0.2) is 0 Å². The van der Waals surface area contributed by atoms with Crippen molar-refractivity contribution >= 4 is 0 Å². The summed E-state index contributed by atoms with van der Waals surface area (Å²) in [5.41, 5.74) is 3.42. The monoisotopic (exact) mass is 283 g/mol. The van der Waals surface area contributed by atoms with Crippen LogP contribution in [-0.4, -0.2) is 22.7 Å². The smallest absolute Gasteiger partial charge is 0.124 e. The fraction of sp³-hybridized carbons (Fsp3) is 0.333. The van der Waals surface area contributed by atoms with Crippen LogP contribution >= 0.6 is 0 Å². The summed E-state index contributed by atoms with van der Waals surface area (Å²) in [6.07, 6.45) is 0.139. The standard InChI is InChI=1S/C18H21NO2/c1-13-7-8-18-16(9-13)12-19(10-14(2)21-18)11-15-5-3-4-6-17(15)20/h3-9,14,20H,10-12H2,1-2H3/t14-/m0/s1. The molecular formula is C18H21NO2. The first-order valence-corrected chi connectivity index (χ1v) is 7.37. The summed E-state index contributed by atoms with van der Waals surface area (Å²) in [6, 6.07) is 13.9. The van der Waals surface area contributed by atoms with E-state index in [0.29, 0.717) is 5.75 Å². The first kappa shape index (κ1) is 14.0. The third-order valence-electron chi connectivity index (χ3n) is 3.84. The van der Waals surface area contributed by atoms with Crippen molar-refractivity contribution in [3.8, 4) is 11.5 Å². The third kappa shape index (κ3) is 3.19. The minimum Gasteiger partial charge on any atom is -0.508 e. The van der Waals surface area contributed by atoms with Crippen LogP contribution in [-0.2, 0) is 13.1 Å². The Labute approximate surface area is 125 Å². The van der Waals surface area contributed by atoms with E-state index in [9.17, 15) is 5.11 Å². The number of fused-ring (bicyclic) bond motifs is 1. The summed E-state index contributed by atoms with van der Waals surface area (Å²) in [5.74, 6) is 1.34. The maximum absolute atomic E-state index is 9.96. The zero-order valence-electron chi connectivity index (χ0n) is 12.5. The number of benzene rings is 2. The summed E-state index contributed by atoms with van der Waals surface area (Å²) in [6.45, 7) is 6.61.